The predicted molar refractivity (Wildman–Crippen MR) is 119 cm³/mol. The molecule has 1 saturated carbocycles. The number of nitrogens with zero attached hydrogens (tertiary/aromatic N) is 6. The molecule has 13 heteroatoms. The molecular formula is C19H28N6O5S2. The summed E-state index contributed by atoms with van der Waals surface area (Å²) in [5.41, 5.74) is 2.17. The molecule has 11 nitrogen and oxygen atoms in total. The summed E-state index contributed by atoms with van der Waals surface area (Å²) >= 11 is 0. The Bertz CT molecular complexity index is 1200. The molecule has 0 atom stereocenters. The Kier molecular flexibility index (Phi) is 7.03. The van der Waals surface area contributed by atoms with Crippen molar-refractivity contribution in [3.63, 3.8) is 0 Å². The van der Waals surface area contributed by atoms with Gasteiger partial charge >= 0.3 is 10.2 Å². The van der Waals surface area contributed by atoms with E-state index < -0.39 is 25.4 Å². The highest BCUT2D eigenvalue weighted by atomic mass is 32.2. The highest BCUT2D eigenvalue weighted by Gasteiger charge is 2.41. The molecule has 1 aliphatic carbocycles. The van der Waals surface area contributed by atoms with Gasteiger partial charge in [-0.15, -0.1) is 9.19 Å². The molecule has 1 fully saturated rings. The van der Waals surface area contributed by atoms with Gasteiger partial charge in [-0.25, -0.2) is 13.4 Å². The Morgan fingerprint density at radius 1 is 1.25 bits per heavy atom. The van der Waals surface area contributed by atoms with Gasteiger partial charge in [-0.3, -0.25) is 0 Å². The average molecular weight is 485 g/mol. The van der Waals surface area contributed by atoms with Crippen LogP contribution in [-0.4, -0.2) is 78.1 Å². The maximum atomic E-state index is 13.4. The fourth-order valence-electron chi connectivity index (χ4n) is 2.82. The molecule has 0 unspecified atom stereocenters. The van der Waals surface area contributed by atoms with Crippen LogP contribution in [0.4, 0.5) is 0 Å². The maximum Gasteiger partial charge on any atom is 0.323 e. The first-order valence-electron chi connectivity index (χ1n) is 10.1. The monoisotopic (exact) mass is 484 g/mol. The van der Waals surface area contributed by atoms with Crippen molar-refractivity contribution in [2.24, 2.45) is 5.16 Å². The lowest BCUT2D eigenvalue weighted by Crippen LogP contribution is -2.38. The van der Waals surface area contributed by atoms with Gasteiger partial charge in [0, 0.05) is 25.7 Å². The Hall–Kier alpha value is -2.35. The van der Waals surface area contributed by atoms with E-state index in [0.717, 1.165) is 21.8 Å². The van der Waals surface area contributed by atoms with E-state index in [2.05, 4.69) is 15.2 Å². The summed E-state index contributed by atoms with van der Waals surface area (Å²) in [5, 5.41) is 7.39. The van der Waals surface area contributed by atoms with Crippen LogP contribution in [0.1, 0.15) is 37.8 Å². The normalized spacial score (nSPS) is 15.7. The molecule has 0 radical (unpaired) electrons. The molecule has 0 aliphatic heterocycles. The first-order valence-corrected chi connectivity index (χ1v) is 12.9. The minimum atomic E-state index is -4.18. The van der Waals surface area contributed by atoms with Crippen LogP contribution in [0.3, 0.4) is 0 Å². The zero-order valence-electron chi connectivity index (χ0n) is 18.7. The molecule has 0 spiro atoms. The highest BCUT2D eigenvalue weighted by Crippen LogP contribution is 2.31. The standard InChI is InChI=1S/C19H28N6O5S2/c1-14(2)30-22-18(16-8-6-7-15(3)11-16)12-24(17-9-10-17)31(26,27)19-20-13-25(21-19)32(28,29)23(4)5/h6-8,11,13-14,17H,9-10,12H2,1-5H3/b22-18+. The van der Waals surface area contributed by atoms with Crippen LogP contribution < -0.4 is 0 Å². The van der Waals surface area contributed by atoms with Crippen molar-refractivity contribution in [2.45, 2.75) is 50.9 Å². The van der Waals surface area contributed by atoms with E-state index in [9.17, 15) is 16.8 Å². The number of hydrogen-bond acceptors (Lipinski definition) is 8. The summed E-state index contributed by atoms with van der Waals surface area (Å²) in [7, 11) is -5.53. The van der Waals surface area contributed by atoms with E-state index in [4.69, 9.17) is 4.84 Å². The zero-order chi connectivity index (χ0) is 23.7. The zero-order valence-corrected chi connectivity index (χ0v) is 20.3. The molecule has 32 heavy (non-hydrogen) atoms. The first kappa shape index (κ1) is 24.3. The molecule has 1 aromatic heterocycles. The van der Waals surface area contributed by atoms with Gasteiger partial charge in [0.15, 0.2) is 0 Å². The Morgan fingerprint density at radius 2 is 1.94 bits per heavy atom. The molecule has 0 bridgehead atoms. The number of aromatic nitrogens is 3. The summed E-state index contributed by atoms with van der Waals surface area (Å²) in [4.78, 5) is 9.22. The average Bonchev–Trinajstić information content (AvgIpc) is 3.40. The van der Waals surface area contributed by atoms with Crippen LogP contribution in [0.5, 0.6) is 0 Å². The molecule has 2 aromatic rings. The van der Waals surface area contributed by atoms with Crippen molar-refractivity contribution in [1.82, 2.24) is 22.8 Å². The van der Waals surface area contributed by atoms with Gasteiger partial charge in [-0.1, -0.05) is 35.0 Å². The van der Waals surface area contributed by atoms with E-state index in [0.29, 0.717) is 22.6 Å². The molecule has 1 aliphatic rings. The Balaban J connectivity index is 1.98. The smallest absolute Gasteiger partial charge is 0.323 e. The van der Waals surface area contributed by atoms with Crippen molar-refractivity contribution >= 4 is 25.9 Å². The van der Waals surface area contributed by atoms with Crippen molar-refractivity contribution in [3.8, 4) is 0 Å². The van der Waals surface area contributed by atoms with Crippen molar-refractivity contribution in [3.05, 3.63) is 41.7 Å². The second-order valence-electron chi connectivity index (χ2n) is 8.03. The molecule has 1 aromatic carbocycles. The van der Waals surface area contributed by atoms with Crippen LogP contribution in [-0.2, 0) is 25.1 Å². The summed E-state index contributed by atoms with van der Waals surface area (Å²) in [6, 6.07) is 7.29. The van der Waals surface area contributed by atoms with Crippen molar-refractivity contribution in [2.75, 3.05) is 20.6 Å². The molecule has 0 N–H and O–H groups in total. The summed E-state index contributed by atoms with van der Waals surface area (Å²) in [6.07, 6.45) is 2.06. The molecule has 0 amide bonds. The topological polar surface area (TPSA) is 127 Å². The second kappa shape index (κ2) is 9.25. The van der Waals surface area contributed by atoms with E-state index in [-0.39, 0.29) is 18.7 Å². The number of benzene rings is 1. The third kappa shape index (κ3) is 5.34. The van der Waals surface area contributed by atoms with Gasteiger partial charge in [0.1, 0.15) is 18.1 Å². The summed E-state index contributed by atoms with van der Waals surface area (Å²) < 4.78 is 54.0. The third-order valence-corrected chi connectivity index (χ3v) is 7.94. The number of hydrogen-bond donors (Lipinski definition) is 0. The Labute approximate surface area is 188 Å². The Morgan fingerprint density at radius 3 is 2.50 bits per heavy atom. The number of sulfonamides is 1. The van der Waals surface area contributed by atoms with E-state index >= 15 is 0 Å². The number of aryl methyl sites for hydroxylation is 1. The van der Waals surface area contributed by atoms with E-state index in [1.807, 2.05) is 45.0 Å². The quantitative estimate of drug-likeness (QED) is 0.366. The second-order valence-corrected chi connectivity index (χ2v) is 11.8. The maximum absolute atomic E-state index is 13.4. The van der Waals surface area contributed by atoms with Crippen LogP contribution in [0.15, 0.2) is 40.9 Å². The molecule has 0 saturated heterocycles. The van der Waals surface area contributed by atoms with Crippen LogP contribution in [0, 0.1) is 6.92 Å². The van der Waals surface area contributed by atoms with E-state index in [1.165, 1.54) is 18.4 Å². The van der Waals surface area contributed by atoms with Gasteiger partial charge < -0.3 is 4.84 Å². The number of rotatable bonds is 10. The SMILES string of the molecule is Cc1cccc(/C(CN(C2CC2)S(=O)(=O)c2ncn(S(=O)(=O)N(C)C)n2)=N/OC(C)C)c1. The third-order valence-electron chi connectivity index (χ3n) is 4.67. The lowest BCUT2D eigenvalue weighted by atomic mass is 10.1. The molecule has 176 valence electrons. The number of oxime groups is 1. The lowest BCUT2D eigenvalue weighted by molar-refractivity contribution is 0.0854. The van der Waals surface area contributed by atoms with Gasteiger partial charge in [-0.2, -0.15) is 17.0 Å². The minimum Gasteiger partial charge on any atom is -0.393 e. The first-order chi connectivity index (χ1) is 14.9. The molecule has 3 rings (SSSR count). The van der Waals surface area contributed by atoms with Crippen LogP contribution >= 0.6 is 0 Å². The highest BCUT2D eigenvalue weighted by molar-refractivity contribution is 7.89. The van der Waals surface area contributed by atoms with Crippen molar-refractivity contribution in [1.29, 1.82) is 0 Å². The van der Waals surface area contributed by atoms with Gasteiger partial charge in [0.2, 0.25) is 0 Å². The summed E-state index contributed by atoms with van der Waals surface area (Å²) in [6.45, 7) is 5.53. The van der Waals surface area contributed by atoms with Crippen LogP contribution in [0.2, 0.25) is 0 Å². The lowest BCUT2D eigenvalue weighted by Gasteiger charge is -2.21. The van der Waals surface area contributed by atoms with E-state index in [1.54, 1.807) is 0 Å². The fraction of sp³-hybridized carbons (Fsp3) is 0.526. The van der Waals surface area contributed by atoms with Gasteiger partial charge in [0.05, 0.1) is 6.54 Å². The van der Waals surface area contributed by atoms with Gasteiger partial charge in [0.25, 0.3) is 15.2 Å². The molecular weight excluding hydrogens is 456 g/mol. The minimum absolute atomic E-state index is 0.0574. The van der Waals surface area contributed by atoms with Crippen molar-refractivity contribution < 1.29 is 21.7 Å². The molecule has 1 heterocycles. The fourth-order valence-corrected chi connectivity index (χ4v) is 5.03. The van der Waals surface area contributed by atoms with Gasteiger partial charge in [-0.05, 0) is 33.6 Å². The van der Waals surface area contributed by atoms with Crippen LogP contribution in [0.25, 0.3) is 0 Å². The predicted octanol–water partition coefficient (Wildman–Crippen LogP) is 1.22. The summed E-state index contributed by atoms with van der Waals surface area (Å²) in [5.74, 6) is 0. The largest absolute Gasteiger partial charge is 0.393 e.